The molecule has 29 heavy (non-hydrogen) atoms. The van der Waals surface area contributed by atoms with Gasteiger partial charge >= 0.3 is 7.82 Å². The van der Waals surface area contributed by atoms with Gasteiger partial charge in [0.15, 0.2) is 11.6 Å². The molecule has 4 rings (SSSR count). The van der Waals surface area contributed by atoms with Crippen molar-refractivity contribution in [3.05, 3.63) is 23.8 Å². The van der Waals surface area contributed by atoms with E-state index in [-0.39, 0.29) is 23.5 Å². The van der Waals surface area contributed by atoms with Crippen LogP contribution in [0.5, 0.6) is 0 Å². The Kier molecular flexibility index (Phi) is 5.05. The molecule has 0 aromatic carbocycles. The minimum atomic E-state index is -4.75. The van der Waals surface area contributed by atoms with E-state index in [4.69, 9.17) is 14.5 Å². The SMILES string of the molecule is CC12C=CC(=O)C=C1CCC1C2[C@@H](O)CC2(C)C(C(=O)COP(=O)(O)O)OCC12. The minimum absolute atomic E-state index is 0.0222. The molecule has 0 spiro atoms. The minimum Gasteiger partial charge on any atom is -0.393 e. The van der Waals surface area contributed by atoms with Crippen LogP contribution in [0.1, 0.15) is 33.1 Å². The highest BCUT2D eigenvalue weighted by molar-refractivity contribution is 7.46. The molecule has 9 heteroatoms. The number of hydrogen-bond acceptors (Lipinski definition) is 6. The maximum atomic E-state index is 12.6. The van der Waals surface area contributed by atoms with Crippen molar-refractivity contribution in [2.45, 2.75) is 45.3 Å². The third kappa shape index (κ3) is 3.40. The van der Waals surface area contributed by atoms with Crippen LogP contribution in [0.2, 0.25) is 0 Å². The molecule has 1 aliphatic heterocycles. The Balaban J connectivity index is 1.60. The van der Waals surface area contributed by atoms with Gasteiger partial charge in [0, 0.05) is 16.7 Å². The van der Waals surface area contributed by atoms with Gasteiger partial charge in [0.05, 0.1) is 12.7 Å². The van der Waals surface area contributed by atoms with Gasteiger partial charge in [-0.05, 0) is 43.3 Å². The zero-order valence-electron chi connectivity index (χ0n) is 16.5. The number of hydrogen-bond donors (Lipinski definition) is 3. The van der Waals surface area contributed by atoms with Gasteiger partial charge in [0.2, 0.25) is 0 Å². The number of carbonyl (C=O) groups excluding carboxylic acids is 2. The Labute approximate surface area is 169 Å². The first-order valence-electron chi connectivity index (χ1n) is 9.92. The molecule has 3 fully saturated rings. The van der Waals surface area contributed by atoms with Crippen molar-refractivity contribution in [1.29, 1.82) is 0 Å². The number of ketones is 2. The number of aliphatic hydroxyl groups is 1. The van der Waals surface area contributed by atoms with Crippen molar-refractivity contribution in [2.24, 2.45) is 28.6 Å². The van der Waals surface area contributed by atoms with Gasteiger partial charge in [-0.3, -0.25) is 14.1 Å². The molecule has 2 saturated carbocycles. The average Bonchev–Trinajstić information content (AvgIpc) is 2.96. The molecule has 0 aromatic rings. The number of phosphoric acid groups is 1. The molecule has 1 heterocycles. The maximum Gasteiger partial charge on any atom is 0.470 e. The van der Waals surface area contributed by atoms with Crippen LogP contribution in [-0.2, 0) is 23.4 Å². The fourth-order valence-electron chi connectivity index (χ4n) is 6.40. The monoisotopic (exact) mass is 426 g/mol. The van der Waals surface area contributed by atoms with Crippen molar-refractivity contribution in [2.75, 3.05) is 13.2 Å². The van der Waals surface area contributed by atoms with Gasteiger partial charge in [-0.2, -0.15) is 0 Å². The molecule has 0 bridgehead atoms. The fourth-order valence-corrected chi connectivity index (χ4v) is 6.69. The van der Waals surface area contributed by atoms with Crippen LogP contribution in [0.25, 0.3) is 0 Å². The van der Waals surface area contributed by atoms with Crippen molar-refractivity contribution in [1.82, 2.24) is 0 Å². The van der Waals surface area contributed by atoms with Crippen LogP contribution < -0.4 is 0 Å². The highest BCUT2D eigenvalue weighted by atomic mass is 31.2. The van der Waals surface area contributed by atoms with Crippen molar-refractivity contribution < 1.29 is 38.3 Å². The molecule has 0 radical (unpaired) electrons. The Morgan fingerprint density at radius 1 is 1.38 bits per heavy atom. The van der Waals surface area contributed by atoms with E-state index in [2.05, 4.69) is 11.4 Å². The molecule has 7 atom stereocenters. The lowest BCUT2D eigenvalue weighted by Gasteiger charge is -2.57. The molecule has 0 aromatic heterocycles. The predicted octanol–water partition coefficient (Wildman–Crippen LogP) is 1.55. The summed E-state index contributed by atoms with van der Waals surface area (Å²) >= 11 is 0. The van der Waals surface area contributed by atoms with Crippen LogP contribution in [0.4, 0.5) is 0 Å². The van der Waals surface area contributed by atoms with E-state index in [1.165, 1.54) is 0 Å². The van der Waals surface area contributed by atoms with E-state index in [0.717, 1.165) is 18.4 Å². The molecule has 3 aliphatic carbocycles. The summed E-state index contributed by atoms with van der Waals surface area (Å²) in [5.74, 6) is -0.469. The summed E-state index contributed by atoms with van der Waals surface area (Å²) in [5, 5.41) is 11.2. The smallest absolute Gasteiger partial charge is 0.393 e. The first kappa shape index (κ1) is 21.1. The van der Waals surface area contributed by atoms with E-state index < -0.39 is 43.3 Å². The number of carbonyl (C=O) groups is 2. The molecule has 6 unspecified atom stereocenters. The topological polar surface area (TPSA) is 130 Å². The number of ether oxygens (including phenoxy) is 1. The van der Waals surface area contributed by atoms with Crippen LogP contribution in [0.3, 0.4) is 0 Å². The normalized spacial score (nSPS) is 44.0. The Bertz CT molecular complexity index is 843. The van der Waals surface area contributed by atoms with E-state index in [9.17, 15) is 19.3 Å². The van der Waals surface area contributed by atoms with Crippen molar-refractivity contribution in [3.63, 3.8) is 0 Å². The summed E-state index contributed by atoms with van der Waals surface area (Å²) in [6, 6.07) is 0. The Morgan fingerprint density at radius 3 is 2.79 bits per heavy atom. The van der Waals surface area contributed by atoms with E-state index >= 15 is 0 Å². The lowest BCUT2D eigenvalue weighted by molar-refractivity contribution is -0.142. The van der Waals surface area contributed by atoms with Crippen molar-refractivity contribution in [3.8, 4) is 0 Å². The molecule has 4 aliphatic rings. The summed E-state index contributed by atoms with van der Waals surface area (Å²) in [6.45, 7) is 3.61. The second-order valence-corrected chi connectivity index (χ2v) is 10.5. The van der Waals surface area contributed by atoms with Gasteiger partial charge in [0.1, 0.15) is 12.7 Å². The predicted molar refractivity (Wildman–Crippen MR) is 102 cm³/mol. The van der Waals surface area contributed by atoms with Gasteiger partial charge in [-0.25, -0.2) is 4.57 Å². The highest BCUT2D eigenvalue weighted by Gasteiger charge is 2.63. The molecular weight excluding hydrogens is 399 g/mol. The maximum absolute atomic E-state index is 12.6. The second-order valence-electron chi connectivity index (χ2n) is 9.24. The lowest BCUT2D eigenvalue weighted by Crippen LogP contribution is -2.57. The molecule has 160 valence electrons. The Hall–Kier alpha value is -1.15. The fraction of sp³-hybridized carbons (Fsp3) is 0.700. The average molecular weight is 426 g/mol. The summed E-state index contributed by atoms with van der Waals surface area (Å²) in [7, 11) is -4.75. The number of phosphoric ester groups is 1. The largest absolute Gasteiger partial charge is 0.470 e. The molecule has 3 N–H and O–H groups in total. The first-order valence-corrected chi connectivity index (χ1v) is 11.5. The quantitative estimate of drug-likeness (QED) is 0.577. The zero-order valence-corrected chi connectivity index (χ0v) is 17.4. The molecule has 1 saturated heterocycles. The van der Waals surface area contributed by atoms with Crippen molar-refractivity contribution >= 4 is 19.4 Å². The summed E-state index contributed by atoms with van der Waals surface area (Å²) in [4.78, 5) is 42.2. The summed E-state index contributed by atoms with van der Waals surface area (Å²) < 4.78 is 21.2. The first-order chi connectivity index (χ1) is 13.5. The lowest BCUT2D eigenvalue weighted by atomic mass is 9.47. The zero-order chi connectivity index (χ0) is 21.2. The Morgan fingerprint density at radius 2 is 2.10 bits per heavy atom. The van der Waals surface area contributed by atoms with Gasteiger partial charge in [-0.1, -0.05) is 25.5 Å². The molecule has 8 nitrogen and oxygen atoms in total. The summed E-state index contributed by atoms with van der Waals surface area (Å²) in [5.41, 5.74) is 0.0146. The highest BCUT2D eigenvalue weighted by Crippen LogP contribution is 2.63. The number of fused-ring (bicyclic) bond motifs is 5. The van der Waals surface area contributed by atoms with Gasteiger partial charge < -0.3 is 19.6 Å². The number of allylic oxidation sites excluding steroid dienone is 4. The van der Waals surface area contributed by atoms with Crippen LogP contribution in [0, 0.1) is 28.6 Å². The van der Waals surface area contributed by atoms with Crippen LogP contribution in [-0.4, -0.2) is 51.9 Å². The van der Waals surface area contributed by atoms with E-state index in [1.807, 2.05) is 13.0 Å². The van der Waals surface area contributed by atoms with Gasteiger partial charge in [0.25, 0.3) is 0 Å². The number of aliphatic hydroxyl groups excluding tert-OH is 1. The third-order valence-electron chi connectivity index (χ3n) is 7.64. The number of rotatable bonds is 4. The van der Waals surface area contributed by atoms with E-state index in [1.54, 1.807) is 12.2 Å². The molecular formula is C20H27O8P. The molecule has 0 amide bonds. The van der Waals surface area contributed by atoms with Gasteiger partial charge in [-0.15, -0.1) is 0 Å². The second kappa shape index (κ2) is 6.94. The number of Topliss-reactive ketones (excluding diaryl/α,β-unsaturated/α-hetero) is 1. The van der Waals surface area contributed by atoms with Crippen LogP contribution in [0.15, 0.2) is 23.8 Å². The van der Waals surface area contributed by atoms with Crippen LogP contribution >= 0.6 is 7.82 Å². The summed E-state index contributed by atoms with van der Waals surface area (Å²) in [6.07, 6.45) is 5.52. The third-order valence-corrected chi connectivity index (χ3v) is 8.10. The standard InChI is InChI=1S/C20H27O8P/c1-19-6-5-12(21)7-11(19)3-4-13-14-9-27-18(16(23)10-28-29(24,25)26)20(14,2)8-15(22)17(13)19/h5-7,13-15,17-18,22H,3-4,8-10H2,1-2H3,(H2,24,25,26)/t13?,14?,15-,17?,18?,19?,20?/m0/s1. The van der Waals surface area contributed by atoms with E-state index in [0.29, 0.717) is 13.0 Å².